The number of oxazole rings is 1. The van der Waals surface area contributed by atoms with Crippen LogP contribution in [0.1, 0.15) is 50.2 Å². The number of nitrogens with one attached hydrogen (secondary N) is 1. The van der Waals surface area contributed by atoms with E-state index in [0.717, 1.165) is 29.7 Å². The van der Waals surface area contributed by atoms with Crippen LogP contribution in [0.5, 0.6) is 0 Å². The van der Waals surface area contributed by atoms with Crippen LogP contribution in [-0.2, 0) is 4.79 Å². The monoisotopic (exact) mass is 502 g/mol. The van der Waals surface area contributed by atoms with E-state index < -0.39 is 11.6 Å². The Labute approximate surface area is 213 Å². The van der Waals surface area contributed by atoms with Crippen LogP contribution in [0.2, 0.25) is 0 Å². The van der Waals surface area contributed by atoms with E-state index in [1.54, 1.807) is 36.4 Å². The lowest BCUT2D eigenvalue weighted by Crippen LogP contribution is -2.42. The Kier molecular flexibility index (Phi) is 6.42. The summed E-state index contributed by atoms with van der Waals surface area (Å²) >= 11 is 0. The molecule has 2 aliphatic rings. The number of carbonyl (C=O) groups excluding carboxylic acids is 1. The maximum atomic E-state index is 13.5. The minimum absolute atomic E-state index is 0.145. The Bertz CT molecular complexity index is 1360. The van der Waals surface area contributed by atoms with E-state index in [1.165, 1.54) is 19.2 Å². The Morgan fingerprint density at radius 3 is 2.38 bits per heavy atom. The maximum absolute atomic E-state index is 13.5. The van der Waals surface area contributed by atoms with Crippen molar-refractivity contribution in [1.82, 2.24) is 10.3 Å². The average Bonchev–Trinajstić information content (AvgIpc) is 3.55. The zero-order valence-electron chi connectivity index (χ0n) is 20.4. The third-order valence-corrected chi connectivity index (χ3v) is 7.33. The van der Waals surface area contributed by atoms with Crippen LogP contribution in [-0.4, -0.2) is 34.7 Å². The highest BCUT2D eigenvalue weighted by Crippen LogP contribution is 2.45. The second kappa shape index (κ2) is 9.69. The molecule has 2 saturated carbocycles. The molecule has 8 nitrogen and oxygen atoms in total. The summed E-state index contributed by atoms with van der Waals surface area (Å²) in [6, 6.07) is 15.0. The van der Waals surface area contributed by atoms with Crippen LogP contribution >= 0.6 is 0 Å². The fourth-order valence-electron chi connectivity index (χ4n) is 4.94. The van der Waals surface area contributed by atoms with Crippen LogP contribution in [0.25, 0.3) is 22.7 Å². The van der Waals surface area contributed by atoms with Crippen molar-refractivity contribution in [2.45, 2.75) is 50.0 Å². The molecule has 1 heterocycles. The highest BCUT2D eigenvalue weighted by Gasteiger charge is 2.47. The third kappa shape index (κ3) is 4.92. The van der Waals surface area contributed by atoms with Crippen LogP contribution < -0.4 is 10.2 Å². The second-order valence-corrected chi connectivity index (χ2v) is 9.81. The first-order valence-corrected chi connectivity index (χ1v) is 12.4. The zero-order valence-corrected chi connectivity index (χ0v) is 20.4. The van der Waals surface area contributed by atoms with Gasteiger partial charge in [-0.25, -0.2) is 14.2 Å². The fraction of sp³-hybridized carbons (Fsp3) is 0.357. The lowest BCUT2D eigenvalue weighted by Gasteiger charge is -2.30. The van der Waals surface area contributed by atoms with Crippen LogP contribution in [0, 0.1) is 23.1 Å². The maximum Gasteiger partial charge on any atom is 0.411 e. The molecule has 0 aliphatic heterocycles. The molecule has 0 saturated heterocycles. The molecule has 1 unspecified atom stereocenters. The highest BCUT2D eigenvalue weighted by atomic mass is 19.1. The molecule has 5 rings (SSSR count). The number of benzene rings is 2. The number of amides is 2. The molecule has 0 spiro atoms. The molecule has 2 aromatic carbocycles. The minimum atomic E-state index is -1.07. The van der Waals surface area contributed by atoms with Crippen molar-refractivity contribution in [2.24, 2.45) is 5.92 Å². The largest absolute Gasteiger partial charge is 0.465 e. The van der Waals surface area contributed by atoms with Crippen LogP contribution in [0.3, 0.4) is 0 Å². The first kappa shape index (κ1) is 24.5. The lowest BCUT2D eigenvalue weighted by atomic mass is 9.76. The Hall–Kier alpha value is -4.19. The topological polar surface area (TPSA) is 119 Å². The molecule has 1 aromatic heterocycles. The van der Waals surface area contributed by atoms with Gasteiger partial charge in [-0.3, -0.25) is 9.69 Å². The molecular weight excluding hydrogens is 475 g/mol. The third-order valence-electron chi connectivity index (χ3n) is 7.33. The van der Waals surface area contributed by atoms with Gasteiger partial charge in [-0.15, -0.1) is 0 Å². The number of rotatable bonds is 6. The predicted molar refractivity (Wildman–Crippen MR) is 134 cm³/mol. The quantitative estimate of drug-likeness (QED) is 0.446. The molecule has 9 heteroatoms. The molecule has 2 N–H and O–H groups in total. The van der Waals surface area contributed by atoms with Crippen LogP contribution in [0.4, 0.5) is 14.9 Å². The Morgan fingerprint density at radius 1 is 1.11 bits per heavy atom. The Morgan fingerprint density at radius 2 is 1.76 bits per heavy atom. The molecular formula is C28H27FN4O4. The summed E-state index contributed by atoms with van der Waals surface area (Å²) in [5, 5.41) is 21.7. The molecule has 3 aromatic rings. The summed E-state index contributed by atoms with van der Waals surface area (Å²) in [5.74, 6) is -0.249. The van der Waals surface area contributed by atoms with Crippen molar-refractivity contribution in [3.63, 3.8) is 0 Å². The van der Waals surface area contributed by atoms with E-state index in [4.69, 9.17) is 9.40 Å². The standard InChI is InChI=1S/C28H27FN4O4/c1-33(27(35)36)20-12-8-17(9-13-20)23-24(37-26(31-23)18-6-10-19(29)11-7-18)21-4-2-3-5-22(21)25(34)32-28(16-30)14-15-28/h6-13,21-22H,2-5,14-15H2,1H3,(H,32,34)(H,35,36)/t21?,22-/m1/s1. The zero-order chi connectivity index (χ0) is 26.2. The van der Waals surface area contributed by atoms with Crippen molar-refractivity contribution >= 4 is 17.7 Å². The molecule has 2 fully saturated rings. The van der Waals surface area contributed by atoms with Gasteiger partial charge in [0.1, 0.15) is 22.8 Å². The first-order valence-electron chi connectivity index (χ1n) is 12.4. The van der Waals surface area contributed by atoms with Gasteiger partial charge in [0.05, 0.1) is 6.07 Å². The summed E-state index contributed by atoms with van der Waals surface area (Å²) in [6.07, 6.45) is 3.47. The van der Waals surface area contributed by atoms with E-state index in [1.807, 2.05) is 0 Å². The SMILES string of the molecule is CN(C(=O)O)c1ccc(-c2nc(-c3ccc(F)cc3)oc2C2CCCC[C@H]2C(=O)NC2(C#N)CC2)cc1. The van der Waals surface area contributed by atoms with E-state index in [2.05, 4.69) is 11.4 Å². The summed E-state index contributed by atoms with van der Waals surface area (Å²) < 4.78 is 19.9. The van der Waals surface area contributed by atoms with Gasteiger partial charge in [-0.05, 0) is 62.1 Å². The normalized spacial score (nSPS) is 20.0. The number of halogens is 1. The summed E-state index contributed by atoms with van der Waals surface area (Å²) in [6.45, 7) is 0. The molecule has 2 aliphatic carbocycles. The molecule has 190 valence electrons. The van der Waals surface area contributed by atoms with Gasteiger partial charge < -0.3 is 14.8 Å². The van der Waals surface area contributed by atoms with Gasteiger partial charge in [0, 0.05) is 35.7 Å². The van der Waals surface area contributed by atoms with Crippen molar-refractivity contribution in [2.75, 3.05) is 11.9 Å². The summed E-state index contributed by atoms with van der Waals surface area (Å²) in [7, 11) is 1.46. The first-order chi connectivity index (χ1) is 17.8. The van der Waals surface area contributed by atoms with Crippen molar-refractivity contribution < 1.29 is 23.5 Å². The van der Waals surface area contributed by atoms with Gasteiger partial charge in [0.2, 0.25) is 11.8 Å². The van der Waals surface area contributed by atoms with Gasteiger partial charge in [0.25, 0.3) is 0 Å². The van der Waals surface area contributed by atoms with Crippen molar-refractivity contribution in [3.8, 4) is 28.8 Å². The van der Waals surface area contributed by atoms with Gasteiger partial charge in [-0.1, -0.05) is 25.0 Å². The average molecular weight is 503 g/mol. The Balaban J connectivity index is 1.54. The number of aromatic nitrogens is 1. The summed E-state index contributed by atoms with van der Waals surface area (Å²) in [5.41, 5.74) is 1.63. The van der Waals surface area contributed by atoms with E-state index in [9.17, 15) is 24.3 Å². The molecule has 0 bridgehead atoms. The minimum Gasteiger partial charge on any atom is -0.465 e. The molecule has 2 atom stereocenters. The number of carboxylic acid groups (broad SMARTS) is 1. The van der Waals surface area contributed by atoms with E-state index in [0.29, 0.717) is 47.9 Å². The van der Waals surface area contributed by atoms with Crippen molar-refractivity contribution in [3.05, 3.63) is 60.1 Å². The highest BCUT2D eigenvalue weighted by molar-refractivity contribution is 5.86. The smallest absolute Gasteiger partial charge is 0.411 e. The number of hydrogen-bond acceptors (Lipinski definition) is 5. The van der Waals surface area contributed by atoms with Crippen LogP contribution in [0.15, 0.2) is 52.9 Å². The number of anilines is 1. The predicted octanol–water partition coefficient (Wildman–Crippen LogP) is 5.71. The molecule has 0 radical (unpaired) electrons. The molecule has 2 amide bonds. The number of carbonyl (C=O) groups is 2. The molecule has 37 heavy (non-hydrogen) atoms. The number of hydrogen-bond donors (Lipinski definition) is 2. The number of nitrogens with zero attached hydrogens (tertiary/aromatic N) is 3. The van der Waals surface area contributed by atoms with E-state index in [-0.39, 0.29) is 23.6 Å². The van der Waals surface area contributed by atoms with E-state index >= 15 is 0 Å². The van der Waals surface area contributed by atoms with Gasteiger partial charge >= 0.3 is 6.09 Å². The number of nitriles is 1. The van der Waals surface area contributed by atoms with Gasteiger partial charge in [-0.2, -0.15) is 5.26 Å². The van der Waals surface area contributed by atoms with Gasteiger partial charge in [0.15, 0.2) is 0 Å². The fourth-order valence-corrected chi connectivity index (χ4v) is 4.94. The second-order valence-electron chi connectivity index (χ2n) is 9.81. The van der Waals surface area contributed by atoms with Crippen molar-refractivity contribution in [1.29, 1.82) is 5.26 Å². The lowest BCUT2D eigenvalue weighted by molar-refractivity contribution is -0.127. The summed E-state index contributed by atoms with van der Waals surface area (Å²) in [4.78, 5) is 30.5.